The van der Waals surface area contributed by atoms with Gasteiger partial charge in [0, 0.05) is 58.9 Å². The van der Waals surface area contributed by atoms with Crippen molar-refractivity contribution in [2.75, 3.05) is 108 Å². The second kappa shape index (κ2) is 13.2. The van der Waals surface area contributed by atoms with E-state index in [1.165, 1.54) is 0 Å². The molecule has 0 rings (SSSR count). The van der Waals surface area contributed by atoms with Crippen LogP contribution in [0.3, 0.4) is 0 Å². The number of hydrogen-bond acceptors (Lipinski definition) is 6. The molecule has 0 aromatic carbocycles. The second-order valence-corrected chi connectivity index (χ2v) is 6.78. The Morgan fingerprint density at radius 2 is 0.864 bits per heavy atom. The van der Waals surface area contributed by atoms with E-state index >= 15 is 0 Å². The van der Waals surface area contributed by atoms with Crippen molar-refractivity contribution in [3.8, 4) is 0 Å². The van der Waals surface area contributed by atoms with Crippen molar-refractivity contribution in [1.29, 1.82) is 0 Å². The highest BCUT2D eigenvalue weighted by molar-refractivity contribution is 4.64. The molecule has 0 heterocycles. The van der Waals surface area contributed by atoms with Gasteiger partial charge in [-0.15, -0.1) is 0 Å². The van der Waals surface area contributed by atoms with Gasteiger partial charge in [0.15, 0.2) is 0 Å². The first-order valence-corrected chi connectivity index (χ1v) is 8.35. The van der Waals surface area contributed by atoms with Crippen LogP contribution in [0.4, 0.5) is 0 Å². The van der Waals surface area contributed by atoms with E-state index in [1.807, 2.05) is 0 Å². The standard InChI is InChI=1S/C16H39N5O/c1-17(2)7-9-19(5)11-13-21(15-16-22)14-12-20(6)10-8-18(3)4/h22H,7-16H2,1-6H3. The Balaban J connectivity index is 3.94. The second-order valence-electron chi connectivity index (χ2n) is 6.78. The zero-order valence-electron chi connectivity index (χ0n) is 15.8. The Labute approximate surface area is 138 Å². The number of rotatable bonds is 14. The molecule has 22 heavy (non-hydrogen) atoms. The lowest BCUT2D eigenvalue weighted by Gasteiger charge is -2.28. The lowest BCUT2D eigenvalue weighted by atomic mass is 10.4. The molecule has 0 radical (unpaired) electrons. The predicted molar refractivity (Wildman–Crippen MR) is 95.6 cm³/mol. The summed E-state index contributed by atoms with van der Waals surface area (Å²) < 4.78 is 0. The van der Waals surface area contributed by atoms with Gasteiger partial charge in [-0.25, -0.2) is 0 Å². The smallest absolute Gasteiger partial charge is 0.0558 e. The van der Waals surface area contributed by atoms with Crippen LogP contribution >= 0.6 is 0 Å². The third kappa shape index (κ3) is 13.4. The molecule has 1 N–H and O–H groups in total. The molecule has 6 heteroatoms. The normalized spacial score (nSPS) is 12.5. The van der Waals surface area contributed by atoms with Crippen LogP contribution < -0.4 is 0 Å². The van der Waals surface area contributed by atoms with Crippen LogP contribution in [-0.2, 0) is 0 Å². The molecule has 6 nitrogen and oxygen atoms in total. The Bertz CT molecular complexity index is 229. The molecule has 0 fully saturated rings. The van der Waals surface area contributed by atoms with Gasteiger partial charge in [0.05, 0.1) is 6.61 Å². The average molecular weight is 318 g/mol. The quantitative estimate of drug-likeness (QED) is 0.455. The van der Waals surface area contributed by atoms with E-state index in [0.717, 1.165) is 58.9 Å². The third-order valence-corrected chi connectivity index (χ3v) is 3.87. The molecule has 0 saturated carbocycles. The maximum absolute atomic E-state index is 9.24. The van der Waals surface area contributed by atoms with Crippen molar-refractivity contribution in [3.63, 3.8) is 0 Å². The predicted octanol–water partition coefficient (Wildman–Crippen LogP) is -0.732. The molecule has 0 saturated heterocycles. The van der Waals surface area contributed by atoms with E-state index < -0.39 is 0 Å². The van der Waals surface area contributed by atoms with Gasteiger partial charge in [-0.1, -0.05) is 0 Å². The molecular weight excluding hydrogens is 278 g/mol. The maximum atomic E-state index is 9.24. The molecule has 0 spiro atoms. The summed E-state index contributed by atoms with van der Waals surface area (Å²) in [5.41, 5.74) is 0. The minimum Gasteiger partial charge on any atom is -0.395 e. The van der Waals surface area contributed by atoms with E-state index in [4.69, 9.17) is 0 Å². The summed E-state index contributed by atoms with van der Waals surface area (Å²) in [7, 11) is 12.8. The van der Waals surface area contributed by atoms with Crippen molar-refractivity contribution in [1.82, 2.24) is 24.5 Å². The molecule has 0 amide bonds. The number of aliphatic hydroxyl groups excluding tert-OH is 1. The zero-order valence-corrected chi connectivity index (χ0v) is 15.8. The minimum atomic E-state index is 0.239. The first kappa shape index (κ1) is 21.8. The van der Waals surface area contributed by atoms with Gasteiger partial charge in [-0.2, -0.15) is 0 Å². The minimum absolute atomic E-state index is 0.239. The van der Waals surface area contributed by atoms with Gasteiger partial charge in [0.1, 0.15) is 0 Å². The lowest BCUT2D eigenvalue weighted by molar-refractivity contribution is 0.157. The fraction of sp³-hybridized carbons (Fsp3) is 1.00. The number of hydrogen-bond donors (Lipinski definition) is 1. The molecule has 0 aliphatic rings. The Morgan fingerprint density at radius 3 is 1.18 bits per heavy atom. The van der Waals surface area contributed by atoms with Crippen LogP contribution in [0.1, 0.15) is 0 Å². The maximum Gasteiger partial charge on any atom is 0.0558 e. The lowest BCUT2D eigenvalue weighted by Crippen LogP contribution is -2.41. The fourth-order valence-corrected chi connectivity index (χ4v) is 2.07. The van der Waals surface area contributed by atoms with Crippen LogP contribution in [0.15, 0.2) is 0 Å². The number of nitrogens with zero attached hydrogens (tertiary/aromatic N) is 5. The number of aliphatic hydroxyl groups is 1. The van der Waals surface area contributed by atoms with E-state index in [2.05, 4.69) is 66.8 Å². The largest absolute Gasteiger partial charge is 0.395 e. The highest BCUT2D eigenvalue weighted by Crippen LogP contribution is 1.93. The van der Waals surface area contributed by atoms with Gasteiger partial charge in [0.2, 0.25) is 0 Å². The van der Waals surface area contributed by atoms with Gasteiger partial charge < -0.3 is 24.7 Å². The molecule has 0 aromatic rings. The van der Waals surface area contributed by atoms with Gasteiger partial charge in [-0.05, 0) is 42.3 Å². The van der Waals surface area contributed by atoms with Crippen LogP contribution in [0.5, 0.6) is 0 Å². The van der Waals surface area contributed by atoms with Crippen molar-refractivity contribution in [2.45, 2.75) is 0 Å². The topological polar surface area (TPSA) is 36.4 Å². The summed E-state index contributed by atoms with van der Waals surface area (Å²) in [5.74, 6) is 0. The Morgan fingerprint density at radius 1 is 0.500 bits per heavy atom. The van der Waals surface area contributed by atoms with E-state index in [1.54, 1.807) is 0 Å². The third-order valence-electron chi connectivity index (χ3n) is 3.87. The Hall–Kier alpha value is -0.240. The summed E-state index contributed by atoms with van der Waals surface area (Å²) in [6.07, 6.45) is 0. The van der Waals surface area contributed by atoms with Gasteiger partial charge in [0.25, 0.3) is 0 Å². The van der Waals surface area contributed by atoms with Crippen LogP contribution in [0.2, 0.25) is 0 Å². The summed E-state index contributed by atoms with van der Waals surface area (Å²) in [6, 6.07) is 0. The summed E-state index contributed by atoms with van der Waals surface area (Å²) in [5, 5.41) is 9.24. The van der Waals surface area contributed by atoms with E-state index in [0.29, 0.717) is 0 Å². The fourth-order valence-electron chi connectivity index (χ4n) is 2.07. The molecule has 0 aliphatic heterocycles. The van der Waals surface area contributed by atoms with Crippen LogP contribution in [-0.4, -0.2) is 137 Å². The molecule has 134 valence electrons. The van der Waals surface area contributed by atoms with E-state index in [-0.39, 0.29) is 6.61 Å². The zero-order chi connectivity index (χ0) is 17.0. The van der Waals surface area contributed by atoms with Crippen molar-refractivity contribution >= 4 is 0 Å². The summed E-state index contributed by atoms with van der Waals surface area (Å²) >= 11 is 0. The summed E-state index contributed by atoms with van der Waals surface area (Å²) in [6.45, 7) is 9.49. The summed E-state index contributed by atoms with van der Waals surface area (Å²) in [4.78, 5) is 11.5. The molecule has 0 aromatic heterocycles. The SMILES string of the molecule is CN(C)CCN(C)CCN(CCO)CCN(C)CCN(C)C. The Kier molecular flexibility index (Phi) is 13.1. The highest BCUT2D eigenvalue weighted by atomic mass is 16.3. The van der Waals surface area contributed by atoms with Crippen molar-refractivity contribution < 1.29 is 5.11 Å². The highest BCUT2D eigenvalue weighted by Gasteiger charge is 2.08. The molecular formula is C16H39N5O. The van der Waals surface area contributed by atoms with Crippen molar-refractivity contribution in [2.24, 2.45) is 0 Å². The van der Waals surface area contributed by atoms with Crippen LogP contribution in [0.25, 0.3) is 0 Å². The molecule has 0 unspecified atom stereocenters. The molecule has 0 aliphatic carbocycles. The monoisotopic (exact) mass is 317 g/mol. The molecule has 0 bridgehead atoms. The van der Waals surface area contributed by atoms with Crippen LogP contribution in [0, 0.1) is 0 Å². The van der Waals surface area contributed by atoms with Gasteiger partial charge >= 0.3 is 0 Å². The average Bonchev–Trinajstić information content (AvgIpc) is 2.45. The first-order valence-electron chi connectivity index (χ1n) is 8.35. The van der Waals surface area contributed by atoms with Gasteiger partial charge in [-0.3, -0.25) is 4.90 Å². The van der Waals surface area contributed by atoms with Crippen molar-refractivity contribution in [3.05, 3.63) is 0 Å². The number of likely N-dealkylation sites (N-methyl/N-ethyl adjacent to an activating group) is 4. The van der Waals surface area contributed by atoms with E-state index in [9.17, 15) is 5.11 Å². The first-order chi connectivity index (χ1) is 10.3. The molecule has 0 atom stereocenters.